The predicted molar refractivity (Wildman–Crippen MR) is 87.3 cm³/mol. The molecule has 0 fully saturated rings. The highest BCUT2D eigenvalue weighted by Crippen LogP contribution is 2.36. The number of nitrogens with one attached hydrogen (secondary N) is 1. The van der Waals surface area contributed by atoms with E-state index in [0.717, 1.165) is 17.4 Å². The molecule has 1 atom stereocenters. The summed E-state index contributed by atoms with van der Waals surface area (Å²) in [7, 11) is 0. The van der Waals surface area contributed by atoms with Crippen LogP contribution in [0, 0.1) is 8.99 Å². The minimum atomic E-state index is 0.218. The summed E-state index contributed by atoms with van der Waals surface area (Å²) in [5, 5.41) is 3.67. The lowest BCUT2D eigenvalue weighted by Crippen LogP contribution is -2.33. The van der Waals surface area contributed by atoms with Crippen molar-refractivity contribution >= 4 is 38.5 Å². The van der Waals surface area contributed by atoms with Crippen molar-refractivity contribution in [2.75, 3.05) is 6.54 Å². The lowest BCUT2D eigenvalue weighted by molar-refractivity contribution is 0.272. The van der Waals surface area contributed by atoms with E-state index in [1.54, 1.807) is 0 Å². The van der Waals surface area contributed by atoms with Crippen LogP contribution >= 0.6 is 38.5 Å². The quantitative estimate of drug-likeness (QED) is 0.678. The molecule has 0 aromatic heterocycles. The van der Waals surface area contributed by atoms with Gasteiger partial charge < -0.3 is 5.32 Å². The second-order valence-corrected chi connectivity index (χ2v) is 7.50. The van der Waals surface area contributed by atoms with Crippen molar-refractivity contribution in [1.29, 1.82) is 0 Å². The molecule has 1 nitrogen and oxygen atoms in total. The maximum absolute atomic E-state index is 3.67. The zero-order chi connectivity index (χ0) is 13.1. The van der Waals surface area contributed by atoms with E-state index in [-0.39, 0.29) is 5.41 Å². The van der Waals surface area contributed by atoms with Crippen molar-refractivity contribution in [1.82, 2.24) is 5.32 Å². The van der Waals surface area contributed by atoms with Crippen LogP contribution < -0.4 is 5.32 Å². The Labute approximate surface area is 127 Å². The minimum absolute atomic E-state index is 0.218. The normalized spacial score (nSPS) is 13.8. The van der Waals surface area contributed by atoms with Gasteiger partial charge in [0.2, 0.25) is 0 Å². The maximum Gasteiger partial charge on any atom is 0.0380 e. The standard InChI is InChI=1S/C14H21BrIN/c1-5-8-17-13(14(2,3)4)11-9-10(15)6-7-12(11)16/h6-7,9,13,17H,5,8H2,1-4H3. The molecule has 1 unspecified atom stereocenters. The molecule has 1 rings (SSSR count). The van der Waals surface area contributed by atoms with Crippen LogP contribution in [-0.4, -0.2) is 6.54 Å². The van der Waals surface area contributed by atoms with Gasteiger partial charge >= 0.3 is 0 Å². The van der Waals surface area contributed by atoms with Gasteiger partial charge in [0, 0.05) is 14.1 Å². The molecule has 3 heteroatoms. The second-order valence-electron chi connectivity index (χ2n) is 5.42. The molecular weight excluding hydrogens is 389 g/mol. The summed E-state index contributed by atoms with van der Waals surface area (Å²) < 4.78 is 2.48. The van der Waals surface area contributed by atoms with Gasteiger partial charge in [-0.25, -0.2) is 0 Å². The molecule has 0 radical (unpaired) electrons. The number of hydrogen-bond acceptors (Lipinski definition) is 1. The Hall–Kier alpha value is 0.390. The van der Waals surface area contributed by atoms with Gasteiger partial charge in [-0.3, -0.25) is 0 Å². The topological polar surface area (TPSA) is 12.0 Å². The van der Waals surface area contributed by atoms with Crippen LogP contribution in [-0.2, 0) is 0 Å². The largest absolute Gasteiger partial charge is 0.309 e. The van der Waals surface area contributed by atoms with E-state index in [9.17, 15) is 0 Å². The van der Waals surface area contributed by atoms with E-state index in [1.807, 2.05) is 0 Å². The molecule has 96 valence electrons. The summed E-state index contributed by atoms with van der Waals surface area (Å²) in [5.74, 6) is 0. The first-order chi connectivity index (χ1) is 7.86. The van der Waals surface area contributed by atoms with Crippen LogP contribution in [0.2, 0.25) is 0 Å². The summed E-state index contributed by atoms with van der Waals surface area (Å²) in [6, 6.07) is 6.91. The van der Waals surface area contributed by atoms with Crippen LogP contribution in [0.1, 0.15) is 45.7 Å². The second kappa shape index (κ2) is 6.53. The van der Waals surface area contributed by atoms with Crippen LogP contribution in [0.15, 0.2) is 22.7 Å². The summed E-state index contributed by atoms with van der Waals surface area (Å²) in [4.78, 5) is 0. The van der Waals surface area contributed by atoms with Crippen molar-refractivity contribution < 1.29 is 0 Å². The fourth-order valence-corrected chi connectivity index (χ4v) is 2.93. The predicted octanol–water partition coefficient (Wildman–Crippen LogP) is 5.14. The molecule has 0 spiro atoms. The molecule has 0 saturated heterocycles. The van der Waals surface area contributed by atoms with Gasteiger partial charge in [0.05, 0.1) is 0 Å². The van der Waals surface area contributed by atoms with Crippen molar-refractivity contribution in [3.8, 4) is 0 Å². The number of halogens is 2. The monoisotopic (exact) mass is 409 g/mol. The van der Waals surface area contributed by atoms with Crippen LogP contribution in [0.4, 0.5) is 0 Å². The van der Waals surface area contributed by atoms with Gasteiger partial charge in [0.1, 0.15) is 0 Å². The van der Waals surface area contributed by atoms with E-state index in [0.29, 0.717) is 6.04 Å². The highest BCUT2D eigenvalue weighted by atomic mass is 127. The van der Waals surface area contributed by atoms with E-state index in [2.05, 4.69) is 89.7 Å². The lowest BCUT2D eigenvalue weighted by Gasteiger charge is -2.33. The van der Waals surface area contributed by atoms with Crippen molar-refractivity contribution in [3.05, 3.63) is 31.8 Å². The van der Waals surface area contributed by atoms with E-state index in [1.165, 1.54) is 9.13 Å². The first-order valence-electron chi connectivity index (χ1n) is 6.04. The zero-order valence-electron chi connectivity index (χ0n) is 11.0. The fourth-order valence-electron chi connectivity index (χ4n) is 1.91. The Bertz CT molecular complexity index is 371. The number of benzene rings is 1. The summed E-state index contributed by atoms with van der Waals surface area (Å²) in [5.41, 5.74) is 1.61. The van der Waals surface area contributed by atoms with Crippen LogP contribution in [0.25, 0.3) is 0 Å². The molecule has 0 aliphatic heterocycles. The molecule has 0 bridgehead atoms. The lowest BCUT2D eigenvalue weighted by atomic mass is 9.82. The van der Waals surface area contributed by atoms with Gasteiger partial charge in [-0.15, -0.1) is 0 Å². The first kappa shape index (κ1) is 15.4. The van der Waals surface area contributed by atoms with Crippen molar-refractivity contribution in [3.63, 3.8) is 0 Å². The third-order valence-electron chi connectivity index (χ3n) is 2.73. The Balaban J connectivity index is 3.08. The average molecular weight is 410 g/mol. The smallest absolute Gasteiger partial charge is 0.0380 e. The maximum atomic E-state index is 3.67. The van der Waals surface area contributed by atoms with Crippen LogP contribution in [0.3, 0.4) is 0 Å². The van der Waals surface area contributed by atoms with Gasteiger partial charge in [0.25, 0.3) is 0 Å². The Kier molecular flexibility index (Phi) is 5.93. The summed E-state index contributed by atoms with van der Waals surface area (Å²) in [6.45, 7) is 10.1. The SMILES string of the molecule is CCCNC(c1cc(Br)ccc1I)C(C)(C)C. The molecular formula is C14H21BrIN. The molecule has 1 aromatic carbocycles. The van der Waals surface area contributed by atoms with Crippen LogP contribution in [0.5, 0.6) is 0 Å². The summed E-state index contributed by atoms with van der Waals surface area (Å²) in [6.07, 6.45) is 1.16. The molecule has 0 saturated carbocycles. The van der Waals surface area contributed by atoms with E-state index < -0.39 is 0 Å². The van der Waals surface area contributed by atoms with Crippen molar-refractivity contribution in [2.45, 2.75) is 40.2 Å². The third kappa shape index (κ3) is 4.52. The minimum Gasteiger partial charge on any atom is -0.309 e. The first-order valence-corrected chi connectivity index (χ1v) is 7.91. The van der Waals surface area contributed by atoms with Gasteiger partial charge in [0.15, 0.2) is 0 Å². The number of rotatable bonds is 4. The fraction of sp³-hybridized carbons (Fsp3) is 0.571. The Morgan fingerprint density at radius 2 is 2.00 bits per heavy atom. The van der Waals surface area contributed by atoms with E-state index in [4.69, 9.17) is 0 Å². The Morgan fingerprint density at radius 3 is 2.53 bits per heavy atom. The molecule has 1 N–H and O–H groups in total. The van der Waals surface area contributed by atoms with Crippen molar-refractivity contribution in [2.24, 2.45) is 5.41 Å². The molecule has 0 amide bonds. The van der Waals surface area contributed by atoms with Gasteiger partial charge in [-0.05, 0) is 64.7 Å². The van der Waals surface area contributed by atoms with Gasteiger partial charge in [-0.2, -0.15) is 0 Å². The Morgan fingerprint density at radius 1 is 1.35 bits per heavy atom. The molecule has 0 aliphatic rings. The van der Waals surface area contributed by atoms with Gasteiger partial charge in [-0.1, -0.05) is 43.6 Å². The summed E-state index contributed by atoms with van der Waals surface area (Å²) >= 11 is 5.99. The molecule has 0 heterocycles. The number of hydrogen-bond donors (Lipinski definition) is 1. The molecule has 0 aliphatic carbocycles. The third-order valence-corrected chi connectivity index (χ3v) is 4.21. The highest BCUT2D eigenvalue weighted by molar-refractivity contribution is 14.1. The zero-order valence-corrected chi connectivity index (χ0v) is 14.7. The molecule has 1 aromatic rings. The van der Waals surface area contributed by atoms with E-state index >= 15 is 0 Å². The molecule has 17 heavy (non-hydrogen) atoms. The average Bonchev–Trinajstić information content (AvgIpc) is 2.21. The highest BCUT2D eigenvalue weighted by Gasteiger charge is 2.27.